The van der Waals surface area contributed by atoms with E-state index in [-0.39, 0.29) is 11.6 Å². The topological polar surface area (TPSA) is 46.7 Å². The van der Waals surface area contributed by atoms with Crippen molar-refractivity contribution in [2.45, 2.75) is 19.1 Å². The molecule has 0 saturated carbocycles. The molecule has 1 aromatic rings. The lowest BCUT2D eigenvalue weighted by molar-refractivity contribution is -0.118. The summed E-state index contributed by atoms with van der Waals surface area (Å²) in [5, 5.41) is 0. The van der Waals surface area contributed by atoms with Gasteiger partial charge in [-0.2, -0.15) is 0 Å². The number of hydrogen-bond donors (Lipinski definition) is 0. The second-order valence-corrected chi connectivity index (χ2v) is 3.32. The minimum Gasteiger partial charge on any atom is -0.353 e. The molecule has 1 aliphatic heterocycles. The van der Waals surface area contributed by atoms with Crippen LogP contribution in [0.3, 0.4) is 0 Å². The van der Waals surface area contributed by atoms with Gasteiger partial charge < -0.3 is 4.74 Å². The highest BCUT2D eigenvalue weighted by atomic mass is 16.6. The van der Waals surface area contributed by atoms with Crippen LogP contribution in [0, 0.1) is 0 Å². The summed E-state index contributed by atoms with van der Waals surface area (Å²) in [4.78, 5) is 22.5. The van der Waals surface area contributed by atoms with E-state index in [0.29, 0.717) is 5.56 Å². The molecule has 0 aromatic heterocycles. The van der Waals surface area contributed by atoms with Crippen molar-refractivity contribution in [3.8, 4) is 0 Å². The predicted molar refractivity (Wildman–Crippen MR) is 50.1 cm³/mol. The number of benzene rings is 1. The first-order chi connectivity index (χ1) is 6.70. The number of rotatable bonds is 3. The number of Topliss-reactive ketones (excluding diaryl/α,β-unsaturated/α-hetero) is 2. The largest absolute Gasteiger partial charge is 0.353 e. The molecule has 2 rings (SSSR count). The quantitative estimate of drug-likeness (QED) is 0.532. The zero-order valence-corrected chi connectivity index (χ0v) is 7.77. The van der Waals surface area contributed by atoms with Gasteiger partial charge in [-0.05, 0) is 6.92 Å². The molecule has 1 aromatic carbocycles. The Labute approximate surface area is 81.7 Å². The van der Waals surface area contributed by atoms with E-state index in [4.69, 9.17) is 4.74 Å². The van der Waals surface area contributed by atoms with Gasteiger partial charge >= 0.3 is 0 Å². The maximum Gasteiger partial charge on any atom is 0.194 e. The molecule has 1 aliphatic rings. The lowest BCUT2D eigenvalue weighted by Gasteiger charge is -1.94. The van der Waals surface area contributed by atoms with Crippen LogP contribution in [0.5, 0.6) is 0 Å². The molecule has 1 saturated heterocycles. The van der Waals surface area contributed by atoms with Crippen molar-refractivity contribution in [2.75, 3.05) is 0 Å². The van der Waals surface area contributed by atoms with Gasteiger partial charge in [-0.25, -0.2) is 0 Å². The maximum absolute atomic E-state index is 11.6. The van der Waals surface area contributed by atoms with Gasteiger partial charge in [-0.3, -0.25) is 9.59 Å². The van der Waals surface area contributed by atoms with E-state index in [1.54, 1.807) is 24.3 Å². The molecular weight excluding hydrogens is 180 g/mol. The van der Waals surface area contributed by atoms with Crippen molar-refractivity contribution < 1.29 is 14.3 Å². The summed E-state index contributed by atoms with van der Waals surface area (Å²) in [6.07, 6.45) is -1.06. The van der Waals surface area contributed by atoms with E-state index in [1.807, 2.05) is 6.07 Å². The summed E-state index contributed by atoms with van der Waals surface area (Å²) in [7, 11) is 0. The first-order valence-corrected chi connectivity index (χ1v) is 4.45. The fourth-order valence-corrected chi connectivity index (χ4v) is 1.39. The monoisotopic (exact) mass is 190 g/mol. The second kappa shape index (κ2) is 3.35. The Morgan fingerprint density at radius 2 is 1.79 bits per heavy atom. The normalized spacial score (nSPS) is 24.4. The highest BCUT2D eigenvalue weighted by molar-refractivity contribution is 6.05. The number of epoxide rings is 1. The average Bonchev–Trinajstić information content (AvgIpc) is 2.97. The van der Waals surface area contributed by atoms with Gasteiger partial charge in [0.2, 0.25) is 0 Å². The average molecular weight is 190 g/mol. The third-order valence-corrected chi connectivity index (χ3v) is 2.21. The van der Waals surface area contributed by atoms with Gasteiger partial charge in [-0.15, -0.1) is 0 Å². The molecular formula is C11H10O3. The molecule has 2 atom stereocenters. The second-order valence-electron chi connectivity index (χ2n) is 3.32. The smallest absolute Gasteiger partial charge is 0.194 e. The lowest BCUT2D eigenvalue weighted by Crippen LogP contribution is -2.14. The molecule has 2 unspecified atom stereocenters. The fraction of sp³-hybridized carbons (Fsp3) is 0.273. The van der Waals surface area contributed by atoms with E-state index >= 15 is 0 Å². The van der Waals surface area contributed by atoms with Crippen LogP contribution in [-0.2, 0) is 9.53 Å². The molecule has 14 heavy (non-hydrogen) atoms. The number of ether oxygens (including phenoxy) is 1. The highest BCUT2D eigenvalue weighted by Crippen LogP contribution is 2.26. The van der Waals surface area contributed by atoms with Crippen LogP contribution in [0.15, 0.2) is 30.3 Å². The first kappa shape index (κ1) is 9.09. The van der Waals surface area contributed by atoms with Crippen LogP contribution in [0.2, 0.25) is 0 Å². The zero-order chi connectivity index (χ0) is 10.1. The summed E-state index contributed by atoms with van der Waals surface area (Å²) in [5.74, 6) is -0.190. The maximum atomic E-state index is 11.6. The Balaban J connectivity index is 2.09. The third kappa shape index (κ3) is 1.59. The molecule has 0 bridgehead atoms. The number of carbonyl (C=O) groups excluding carboxylic acids is 2. The zero-order valence-electron chi connectivity index (χ0n) is 7.77. The van der Waals surface area contributed by atoms with Crippen LogP contribution in [0.4, 0.5) is 0 Å². The van der Waals surface area contributed by atoms with Gasteiger partial charge in [-0.1, -0.05) is 30.3 Å². The standard InChI is InChI=1S/C11H10O3/c1-7(12)10-11(14-10)9(13)8-5-3-2-4-6-8/h2-6,10-11H,1H3. The number of carbonyl (C=O) groups is 2. The fourth-order valence-electron chi connectivity index (χ4n) is 1.39. The number of hydrogen-bond acceptors (Lipinski definition) is 3. The summed E-state index contributed by atoms with van der Waals surface area (Å²) in [5.41, 5.74) is 0.598. The SMILES string of the molecule is CC(=O)C1OC1C(=O)c1ccccc1. The van der Waals surface area contributed by atoms with Crippen molar-refractivity contribution in [1.82, 2.24) is 0 Å². The Kier molecular flexibility index (Phi) is 2.17. The minimum absolute atomic E-state index is 0.0840. The lowest BCUT2D eigenvalue weighted by atomic mass is 10.1. The Hall–Kier alpha value is -1.48. The minimum atomic E-state index is -0.546. The molecule has 72 valence electrons. The third-order valence-electron chi connectivity index (χ3n) is 2.21. The van der Waals surface area contributed by atoms with Gasteiger partial charge in [0.25, 0.3) is 0 Å². The van der Waals surface area contributed by atoms with E-state index < -0.39 is 12.2 Å². The molecule has 0 N–H and O–H groups in total. The number of ketones is 2. The summed E-state index contributed by atoms with van der Waals surface area (Å²) >= 11 is 0. The Morgan fingerprint density at radius 1 is 1.14 bits per heavy atom. The molecule has 3 heteroatoms. The van der Waals surface area contributed by atoms with E-state index in [9.17, 15) is 9.59 Å². The Morgan fingerprint density at radius 3 is 2.29 bits per heavy atom. The van der Waals surface area contributed by atoms with Gasteiger partial charge in [0, 0.05) is 5.56 Å². The van der Waals surface area contributed by atoms with E-state index in [1.165, 1.54) is 6.92 Å². The molecule has 0 aliphatic carbocycles. The van der Waals surface area contributed by atoms with Crippen molar-refractivity contribution in [2.24, 2.45) is 0 Å². The summed E-state index contributed by atoms with van der Waals surface area (Å²) in [6, 6.07) is 8.87. The molecule has 3 nitrogen and oxygen atoms in total. The summed E-state index contributed by atoms with van der Waals surface area (Å²) < 4.78 is 5.00. The van der Waals surface area contributed by atoms with Crippen molar-refractivity contribution in [1.29, 1.82) is 0 Å². The van der Waals surface area contributed by atoms with Crippen molar-refractivity contribution >= 4 is 11.6 Å². The van der Waals surface area contributed by atoms with Crippen molar-refractivity contribution in [3.63, 3.8) is 0 Å². The molecule has 0 spiro atoms. The van der Waals surface area contributed by atoms with E-state index in [0.717, 1.165) is 0 Å². The van der Waals surface area contributed by atoms with Crippen molar-refractivity contribution in [3.05, 3.63) is 35.9 Å². The Bertz CT molecular complexity index is 369. The van der Waals surface area contributed by atoms with Gasteiger partial charge in [0.1, 0.15) is 0 Å². The predicted octanol–water partition coefficient (Wildman–Crippen LogP) is 1.23. The molecule has 1 heterocycles. The van der Waals surface area contributed by atoms with Crippen LogP contribution >= 0.6 is 0 Å². The van der Waals surface area contributed by atoms with Crippen LogP contribution in [0.1, 0.15) is 17.3 Å². The van der Waals surface area contributed by atoms with Gasteiger partial charge in [0.05, 0.1) is 0 Å². The van der Waals surface area contributed by atoms with E-state index in [2.05, 4.69) is 0 Å². The van der Waals surface area contributed by atoms with Gasteiger partial charge in [0.15, 0.2) is 23.8 Å². The highest BCUT2D eigenvalue weighted by Gasteiger charge is 2.48. The molecule has 0 amide bonds. The molecule has 0 radical (unpaired) electrons. The summed E-state index contributed by atoms with van der Waals surface area (Å²) in [6.45, 7) is 1.43. The van der Waals surface area contributed by atoms with Crippen LogP contribution < -0.4 is 0 Å². The molecule has 1 fully saturated rings. The van der Waals surface area contributed by atoms with Crippen LogP contribution in [0.25, 0.3) is 0 Å². The first-order valence-electron chi connectivity index (χ1n) is 4.45. The van der Waals surface area contributed by atoms with Crippen LogP contribution in [-0.4, -0.2) is 23.8 Å².